The molecule has 1 unspecified atom stereocenters. The van der Waals surface area contributed by atoms with E-state index in [-0.39, 0.29) is 0 Å². The Morgan fingerprint density at radius 2 is 2.24 bits per heavy atom. The minimum Gasteiger partial charge on any atom is -0.491 e. The largest absolute Gasteiger partial charge is 0.491 e. The summed E-state index contributed by atoms with van der Waals surface area (Å²) in [7, 11) is 0. The first-order valence-electron chi connectivity index (χ1n) is 6.32. The molecule has 1 aliphatic heterocycles. The van der Waals surface area contributed by atoms with E-state index in [2.05, 4.69) is 31.3 Å². The second-order valence-electron chi connectivity index (χ2n) is 4.91. The van der Waals surface area contributed by atoms with Gasteiger partial charge in [-0.3, -0.25) is 0 Å². The van der Waals surface area contributed by atoms with Crippen molar-refractivity contribution in [2.24, 2.45) is 5.92 Å². The zero-order chi connectivity index (χ0) is 12.1. The Morgan fingerprint density at radius 1 is 1.41 bits per heavy atom. The molecule has 0 aliphatic carbocycles. The van der Waals surface area contributed by atoms with E-state index >= 15 is 0 Å². The van der Waals surface area contributed by atoms with E-state index in [1.54, 1.807) is 0 Å². The average Bonchev–Trinajstić information content (AvgIpc) is 2.80. The van der Waals surface area contributed by atoms with Crippen LogP contribution in [0.2, 0.25) is 0 Å². The maximum atomic E-state index is 5.84. The molecule has 1 atom stereocenters. The van der Waals surface area contributed by atoms with Crippen molar-refractivity contribution in [3.63, 3.8) is 0 Å². The zero-order valence-electron chi connectivity index (χ0n) is 10.6. The predicted molar refractivity (Wildman–Crippen MR) is 76.1 cm³/mol. The van der Waals surface area contributed by atoms with Crippen LogP contribution >= 0.6 is 11.8 Å². The van der Waals surface area contributed by atoms with Gasteiger partial charge in [0.25, 0.3) is 0 Å². The average molecular weight is 251 g/mol. The molecule has 0 saturated carbocycles. The molecule has 1 heterocycles. The normalized spacial score (nSPS) is 19.6. The van der Waals surface area contributed by atoms with Gasteiger partial charge in [0.15, 0.2) is 0 Å². The van der Waals surface area contributed by atoms with Crippen LogP contribution in [0.15, 0.2) is 24.3 Å². The van der Waals surface area contributed by atoms with Crippen molar-refractivity contribution in [2.45, 2.75) is 26.3 Å². The highest BCUT2D eigenvalue weighted by atomic mass is 32.2. The third-order valence-electron chi connectivity index (χ3n) is 2.75. The standard InChI is InChI=1S/C14H21NOS/c1-11(2)9-16-14-6-4-3-5-13(14)15-12-7-8-17-10-12/h3-6,11-12,15H,7-10H2,1-2H3. The number of para-hydroxylation sites is 2. The first kappa shape index (κ1) is 12.6. The number of hydrogen-bond acceptors (Lipinski definition) is 3. The van der Waals surface area contributed by atoms with Crippen molar-refractivity contribution in [2.75, 3.05) is 23.4 Å². The van der Waals surface area contributed by atoms with Crippen molar-refractivity contribution >= 4 is 17.4 Å². The van der Waals surface area contributed by atoms with Gasteiger partial charge in [-0.05, 0) is 30.2 Å². The molecule has 3 heteroatoms. The van der Waals surface area contributed by atoms with Crippen LogP contribution in [0.5, 0.6) is 5.75 Å². The smallest absolute Gasteiger partial charge is 0.142 e. The first-order valence-corrected chi connectivity index (χ1v) is 7.47. The molecule has 0 aromatic heterocycles. The van der Waals surface area contributed by atoms with Crippen LogP contribution in [-0.2, 0) is 0 Å². The fourth-order valence-corrected chi connectivity index (χ4v) is 2.99. The van der Waals surface area contributed by atoms with Crippen molar-refractivity contribution in [1.82, 2.24) is 0 Å². The lowest BCUT2D eigenvalue weighted by molar-refractivity contribution is 0.272. The molecule has 1 N–H and O–H groups in total. The third kappa shape index (κ3) is 3.84. The Labute approximate surface area is 108 Å². The Bertz CT molecular complexity index is 348. The number of anilines is 1. The summed E-state index contributed by atoms with van der Waals surface area (Å²) < 4.78 is 5.84. The van der Waals surface area contributed by atoms with Gasteiger partial charge in [0.2, 0.25) is 0 Å². The van der Waals surface area contributed by atoms with Gasteiger partial charge >= 0.3 is 0 Å². The molecule has 2 nitrogen and oxygen atoms in total. The van der Waals surface area contributed by atoms with Gasteiger partial charge in [-0.25, -0.2) is 0 Å². The first-order chi connectivity index (χ1) is 8.25. The highest BCUT2D eigenvalue weighted by Crippen LogP contribution is 2.28. The maximum Gasteiger partial charge on any atom is 0.142 e. The van der Waals surface area contributed by atoms with E-state index in [0.29, 0.717) is 12.0 Å². The van der Waals surface area contributed by atoms with Gasteiger partial charge in [0.1, 0.15) is 5.75 Å². The number of hydrogen-bond donors (Lipinski definition) is 1. The Balaban J connectivity index is 1.99. The maximum absolute atomic E-state index is 5.84. The summed E-state index contributed by atoms with van der Waals surface area (Å²) >= 11 is 2.02. The highest BCUT2D eigenvalue weighted by Gasteiger charge is 2.16. The lowest BCUT2D eigenvalue weighted by Gasteiger charge is -2.17. The van der Waals surface area contributed by atoms with Crippen LogP contribution in [0.1, 0.15) is 20.3 Å². The summed E-state index contributed by atoms with van der Waals surface area (Å²) in [6.45, 7) is 5.12. The number of ether oxygens (including phenoxy) is 1. The molecule has 1 fully saturated rings. The van der Waals surface area contributed by atoms with Crippen molar-refractivity contribution in [3.8, 4) is 5.75 Å². The molecule has 2 rings (SSSR count). The van der Waals surface area contributed by atoms with Crippen LogP contribution in [0.25, 0.3) is 0 Å². The van der Waals surface area contributed by atoms with Crippen molar-refractivity contribution in [3.05, 3.63) is 24.3 Å². The van der Waals surface area contributed by atoms with Crippen LogP contribution in [0.3, 0.4) is 0 Å². The van der Waals surface area contributed by atoms with E-state index in [9.17, 15) is 0 Å². The lowest BCUT2D eigenvalue weighted by atomic mass is 10.2. The topological polar surface area (TPSA) is 21.3 Å². The van der Waals surface area contributed by atoms with E-state index in [4.69, 9.17) is 4.74 Å². The highest BCUT2D eigenvalue weighted by molar-refractivity contribution is 7.99. The lowest BCUT2D eigenvalue weighted by Crippen LogP contribution is -2.19. The number of benzene rings is 1. The molecule has 17 heavy (non-hydrogen) atoms. The van der Waals surface area contributed by atoms with Gasteiger partial charge in [0, 0.05) is 11.8 Å². The molecule has 0 spiro atoms. The Kier molecular flexibility index (Phi) is 4.60. The molecule has 94 valence electrons. The number of thioether (sulfide) groups is 1. The van der Waals surface area contributed by atoms with Crippen LogP contribution in [0, 0.1) is 5.92 Å². The monoisotopic (exact) mass is 251 g/mol. The van der Waals surface area contributed by atoms with Crippen LogP contribution in [0.4, 0.5) is 5.69 Å². The van der Waals surface area contributed by atoms with Crippen molar-refractivity contribution < 1.29 is 4.74 Å². The van der Waals surface area contributed by atoms with Gasteiger partial charge in [-0.2, -0.15) is 11.8 Å². The molecular weight excluding hydrogens is 230 g/mol. The molecule has 1 aromatic carbocycles. The fraction of sp³-hybridized carbons (Fsp3) is 0.571. The molecule has 1 aliphatic rings. The number of rotatable bonds is 5. The molecule has 0 amide bonds. The summed E-state index contributed by atoms with van der Waals surface area (Å²) in [4.78, 5) is 0. The molecule has 1 saturated heterocycles. The molecular formula is C14H21NOS. The Morgan fingerprint density at radius 3 is 2.94 bits per heavy atom. The van der Waals surface area contributed by atoms with E-state index in [0.717, 1.165) is 18.0 Å². The van der Waals surface area contributed by atoms with Gasteiger partial charge in [-0.1, -0.05) is 26.0 Å². The minimum absolute atomic E-state index is 0.560. The van der Waals surface area contributed by atoms with Gasteiger partial charge in [-0.15, -0.1) is 0 Å². The molecule has 0 radical (unpaired) electrons. The summed E-state index contributed by atoms with van der Waals surface area (Å²) in [5.74, 6) is 4.02. The van der Waals surface area contributed by atoms with Gasteiger partial charge in [0.05, 0.1) is 12.3 Å². The number of nitrogens with one attached hydrogen (secondary N) is 1. The van der Waals surface area contributed by atoms with E-state index < -0.39 is 0 Å². The molecule has 1 aromatic rings. The summed E-state index contributed by atoms with van der Waals surface area (Å²) in [6.07, 6.45) is 1.25. The second kappa shape index (κ2) is 6.20. The summed E-state index contributed by atoms with van der Waals surface area (Å²) in [5, 5.41) is 3.59. The Hall–Kier alpha value is -0.830. The zero-order valence-corrected chi connectivity index (χ0v) is 11.4. The summed E-state index contributed by atoms with van der Waals surface area (Å²) in [6, 6.07) is 8.85. The van der Waals surface area contributed by atoms with Crippen LogP contribution in [-0.4, -0.2) is 24.2 Å². The second-order valence-corrected chi connectivity index (χ2v) is 6.06. The van der Waals surface area contributed by atoms with Crippen LogP contribution < -0.4 is 10.1 Å². The fourth-order valence-electron chi connectivity index (χ4n) is 1.84. The predicted octanol–water partition coefficient (Wildman–Crippen LogP) is 3.64. The van der Waals surface area contributed by atoms with Crippen molar-refractivity contribution in [1.29, 1.82) is 0 Å². The summed E-state index contributed by atoms with van der Waals surface area (Å²) in [5.41, 5.74) is 1.14. The third-order valence-corrected chi connectivity index (χ3v) is 3.91. The van der Waals surface area contributed by atoms with E-state index in [1.165, 1.54) is 17.9 Å². The SMILES string of the molecule is CC(C)COc1ccccc1NC1CCSC1. The molecule has 0 bridgehead atoms. The van der Waals surface area contributed by atoms with E-state index in [1.807, 2.05) is 23.9 Å². The minimum atomic E-state index is 0.560. The van der Waals surface area contributed by atoms with Gasteiger partial charge < -0.3 is 10.1 Å². The quantitative estimate of drug-likeness (QED) is 0.863.